The van der Waals surface area contributed by atoms with E-state index < -0.39 is 0 Å². The molecule has 1 saturated heterocycles. The Labute approximate surface area is 159 Å². The average Bonchev–Trinajstić information content (AvgIpc) is 3.41. The first-order valence-electron chi connectivity index (χ1n) is 9.68. The normalized spacial score (nSPS) is 19.3. The van der Waals surface area contributed by atoms with Crippen LogP contribution in [0.4, 0.5) is 5.69 Å². The van der Waals surface area contributed by atoms with Gasteiger partial charge in [0.15, 0.2) is 0 Å². The van der Waals surface area contributed by atoms with Crippen LogP contribution in [0.25, 0.3) is 0 Å². The van der Waals surface area contributed by atoms with Crippen molar-refractivity contribution in [2.45, 2.75) is 51.2 Å². The quantitative estimate of drug-likeness (QED) is 0.593. The van der Waals surface area contributed by atoms with Crippen LogP contribution in [0.1, 0.15) is 49.0 Å². The van der Waals surface area contributed by atoms with Crippen molar-refractivity contribution >= 4 is 22.9 Å². The number of hydrogen-bond acceptors (Lipinski definition) is 4. The summed E-state index contributed by atoms with van der Waals surface area (Å²) >= 11 is 1.62. The second-order valence-electron chi connectivity index (χ2n) is 7.27. The summed E-state index contributed by atoms with van der Waals surface area (Å²) in [5.41, 5.74) is 8.32. The lowest BCUT2D eigenvalue weighted by Crippen LogP contribution is -2.20. The smallest absolute Gasteiger partial charge is 0.141 e. The van der Waals surface area contributed by atoms with Gasteiger partial charge in [0.2, 0.25) is 0 Å². The molecule has 2 aromatic rings. The lowest BCUT2D eigenvalue weighted by Gasteiger charge is -2.20. The van der Waals surface area contributed by atoms with Gasteiger partial charge in [-0.25, -0.2) is 4.99 Å². The topological polar surface area (TPSA) is 50.9 Å². The van der Waals surface area contributed by atoms with E-state index in [-0.39, 0.29) is 0 Å². The number of ether oxygens (including phenoxy) is 1. The Hall–Kier alpha value is -1.85. The second kappa shape index (κ2) is 8.23. The number of nitrogens with zero attached hydrogens (tertiary/aromatic N) is 2. The largest absolute Gasteiger partial charge is 0.490 e. The molecule has 1 aromatic heterocycles. The molecular weight excluding hydrogens is 342 g/mol. The minimum atomic E-state index is 0.373. The van der Waals surface area contributed by atoms with E-state index >= 15 is 0 Å². The molecule has 138 valence electrons. The number of hydrogen-bond donors (Lipinski definition) is 1. The number of amidine groups is 1. The molecule has 0 bridgehead atoms. The Morgan fingerprint density at radius 2 is 1.96 bits per heavy atom. The predicted octanol–water partition coefficient (Wildman–Crippen LogP) is 4.70. The van der Waals surface area contributed by atoms with Crippen molar-refractivity contribution in [2.24, 2.45) is 10.7 Å². The summed E-state index contributed by atoms with van der Waals surface area (Å²) in [7, 11) is 0. The Kier molecular flexibility index (Phi) is 5.56. The van der Waals surface area contributed by atoms with Gasteiger partial charge >= 0.3 is 0 Å². The Morgan fingerprint density at radius 1 is 1.15 bits per heavy atom. The fourth-order valence-corrected chi connectivity index (χ4v) is 4.49. The summed E-state index contributed by atoms with van der Waals surface area (Å²) in [5.74, 6) is 1.61. The van der Waals surface area contributed by atoms with Crippen molar-refractivity contribution in [3.05, 3.63) is 46.2 Å². The first kappa shape index (κ1) is 17.6. The highest BCUT2D eigenvalue weighted by molar-refractivity contribution is 7.12. The summed E-state index contributed by atoms with van der Waals surface area (Å²) in [6, 6.07) is 10.3. The van der Waals surface area contributed by atoms with Crippen LogP contribution in [0.5, 0.6) is 5.75 Å². The maximum absolute atomic E-state index is 6.34. The highest BCUT2D eigenvalue weighted by Crippen LogP contribution is 2.31. The van der Waals surface area contributed by atoms with Crippen LogP contribution >= 0.6 is 11.3 Å². The molecular formula is C21H27N3OS. The molecule has 1 aliphatic carbocycles. The molecule has 0 spiro atoms. The monoisotopic (exact) mass is 369 g/mol. The summed E-state index contributed by atoms with van der Waals surface area (Å²) in [5, 5.41) is 2.02. The third-order valence-electron chi connectivity index (χ3n) is 5.26. The standard InChI is InChI=1S/C21H27N3OS/c22-21(20-8-5-13-26-20)23-17-9-10-19(25-18-6-1-2-7-18)16(14-17)15-24-11-3-4-12-24/h5,8-10,13-14,18H,1-4,6-7,11-12,15H2,(H2,22,23). The van der Waals surface area contributed by atoms with Gasteiger partial charge in [0.05, 0.1) is 16.7 Å². The SMILES string of the molecule is NC(=Nc1ccc(OC2CCCC2)c(CN2CCCC2)c1)c1cccs1. The van der Waals surface area contributed by atoms with Gasteiger partial charge in [0.1, 0.15) is 11.6 Å². The molecule has 2 aliphatic rings. The Bertz CT molecular complexity index is 745. The minimum Gasteiger partial charge on any atom is -0.490 e. The third kappa shape index (κ3) is 4.27. The third-order valence-corrected chi connectivity index (χ3v) is 6.15. The molecule has 5 heteroatoms. The van der Waals surface area contributed by atoms with E-state index in [1.165, 1.54) is 57.2 Å². The van der Waals surface area contributed by atoms with Crippen LogP contribution in [0.15, 0.2) is 40.7 Å². The lowest BCUT2D eigenvalue weighted by atomic mass is 10.1. The van der Waals surface area contributed by atoms with Gasteiger partial charge in [-0.1, -0.05) is 6.07 Å². The van der Waals surface area contributed by atoms with Crippen molar-refractivity contribution in [2.75, 3.05) is 13.1 Å². The summed E-state index contributed by atoms with van der Waals surface area (Å²) in [4.78, 5) is 8.16. The number of benzene rings is 1. The van der Waals surface area contributed by atoms with Gasteiger partial charge in [-0.15, -0.1) is 11.3 Å². The number of thiophene rings is 1. The highest BCUT2D eigenvalue weighted by atomic mass is 32.1. The van der Waals surface area contributed by atoms with Crippen LogP contribution in [-0.2, 0) is 6.54 Å². The van der Waals surface area contributed by atoms with Crippen LogP contribution in [0, 0.1) is 0 Å². The van der Waals surface area contributed by atoms with Crippen molar-refractivity contribution in [3.63, 3.8) is 0 Å². The van der Waals surface area contributed by atoms with E-state index in [0.29, 0.717) is 11.9 Å². The van der Waals surface area contributed by atoms with Crippen LogP contribution < -0.4 is 10.5 Å². The van der Waals surface area contributed by atoms with Gasteiger partial charge in [-0.2, -0.15) is 0 Å². The van der Waals surface area contributed by atoms with E-state index in [0.717, 1.165) is 22.9 Å². The molecule has 1 aliphatic heterocycles. The van der Waals surface area contributed by atoms with Crippen LogP contribution in [0.3, 0.4) is 0 Å². The van der Waals surface area contributed by atoms with Crippen molar-refractivity contribution < 1.29 is 4.74 Å². The lowest BCUT2D eigenvalue weighted by molar-refractivity contribution is 0.204. The van der Waals surface area contributed by atoms with Gasteiger partial charge in [-0.3, -0.25) is 4.90 Å². The van der Waals surface area contributed by atoms with Gasteiger partial charge in [0.25, 0.3) is 0 Å². The van der Waals surface area contributed by atoms with Gasteiger partial charge < -0.3 is 10.5 Å². The number of likely N-dealkylation sites (tertiary alicyclic amines) is 1. The zero-order valence-corrected chi connectivity index (χ0v) is 16.0. The Balaban J connectivity index is 1.58. The van der Waals surface area contributed by atoms with Crippen molar-refractivity contribution in [1.29, 1.82) is 0 Å². The molecule has 0 unspecified atom stereocenters. The van der Waals surface area contributed by atoms with Crippen molar-refractivity contribution in [3.8, 4) is 5.75 Å². The van der Waals surface area contributed by atoms with Gasteiger partial charge in [0, 0.05) is 12.1 Å². The molecule has 4 nitrogen and oxygen atoms in total. The molecule has 2 heterocycles. The number of aliphatic imine (C=N–C) groups is 1. The zero-order valence-electron chi connectivity index (χ0n) is 15.2. The molecule has 0 atom stereocenters. The molecule has 2 N–H and O–H groups in total. The maximum atomic E-state index is 6.34. The summed E-state index contributed by atoms with van der Waals surface area (Å²) < 4.78 is 6.34. The number of nitrogens with two attached hydrogens (primary N) is 1. The first-order valence-corrected chi connectivity index (χ1v) is 10.6. The summed E-state index contributed by atoms with van der Waals surface area (Å²) in [6.07, 6.45) is 7.88. The predicted molar refractivity (Wildman–Crippen MR) is 109 cm³/mol. The van der Waals surface area contributed by atoms with E-state index in [4.69, 9.17) is 10.5 Å². The average molecular weight is 370 g/mol. The second-order valence-corrected chi connectivity index (χ2v) is 8.22. The number of rotatable bonds is 6. The van der Waals surface area contributed by atoms with Crippen LogP contribution in [-0.4, -0.2) is 29.9 Å². The molecule has 2 fully saturated rings. The van der Waals surface area contributed by atoms with Crippen LogP contribution in [0.2, 0.25) is 0 Å². The van der Waals surface area contributed by atoms with E-state index in [2.05, 4.69) is 22.0 Å². The van der Waals surface area contributed by atoms with Gasteiger partial charge in [-0.05, 0) is 81.3 Å². The fourth-order valence-electron chi connectivity index (χ4n) is 3.86. The zero-order chi connectivity index (χ0) is 17.8. The van der Waals surface area contributed by atoms with E-state index in [1.807, 2.05) is 23.6 Å². The molecule has 26 heavy (non-hydrogen) atoms. The molecule has 1 aromatic carbocycles. The fraction of sp³-hybridized carbons (Fsp3) is 0.476. The van der Waals surface area contributed by atoms with E-state index in [1.54, 1.807) is 11.3 Å². The first-order chi connectivity index (χ1) is 12.8. The maximum Gasteiger partial charge on any atom is 0.141 e. The molecule has 4 rings (SSSR count). The van der Waals surface area contributed by atoms with E-state index in [9.17, 15) is 0 Å². The Morgan fingerprint density at radius 3 is 2.69 bits per heavy atom. The minimum absolute atomic E-state index is 0.373. The molecule has 1 saturated carbocycles. The molecule has 0 radical (unpaired) electrons. The molecule has 0 amide bonds. The summed E-state index contributed by atoms with van der Waals surface area (Å²) in [6.45, 7) is 3.28. The van der Waals surface area contributed by atoms with Crippen molar-refractivity contribution in [1.82, 2.24) is 4.90 Å². The highest BCUT2D eigenvalue weighted by Gasteiger charge is 2.20.